The molecule has 1 atom stereocenters. The number of halogens is 1. The van der Waals surface area contributed by atoms with Crippen LogP contribution in [0, 0.1) is 5.41 Å². The highest BCUT2D eigenvalue weighted by Gasteiger charge is 2.58. The summed E-state index contributed by atoms with van der Waals surface area (Å²) >= 11 is 5.91. The van der Waals surface area contributed by atoms with Gasteiger partial charge < -0.3 is 9.64 Å². The van der Waals surface area contributed by atoms with Crippen LogP contribution in [0.4, 0.5) is 0 Å². The minimum Gasteiger partial charge on any atom is -0.469 e. The molecule has 3 nitrogen and oxygen atoms in total. The average molecular weight is 268 g/mol. The number of benzene rings is 1. The highest BCUT2D eigenvalue weighted by molar-refractivity contribution is 6.30. The van der Waals surface area contributed by atoms with Gasteiger partial charge in [0.25, 0.3) is 0 Å². The van der Waals surface area contributed by atoms with Crippen LogP contribution in [0.3, 0.4) is 0 Å². The highest BCUT2D eigenvalue weighted by atomic mass is 35.5. The van der Waals surface area contributed by atoms with Crippen molar-refractivity contribution in [3.63, 3.8) is 0 Å². The molecule has 2 rings (SSSR count). The summed E-state index contributed by atoms with van der Waals surface area (Å²) in [6.07, 6.45) is 1.76. The van der Waals surface area contributed by atoms with Gasteiger partial charge in [0.2, 0.25) is 0 Å². The molecule has 0 bridgehead atoms. The van der Waals surface area contributed by atoms with Crippen LogP contribution in [0.25, 0.3) is 0 Å². The highest BCUT2D eigenvalue weighted by Crippen LogP contribution is 2.57. The lowest BCUT2D eigenvalue weighted by Gasteiger charge is -2.31. The Hall–Kier alpha value is -1.06. The Kier molecular flexibility index (Phi) is 3.64. The third kappa shape index (κ3) is 2.25. The number of rotatable bonds is 4. The van der Waals surface area contributed by atoms with Gasteiger partial charge in [0.15, 0.2) is 0 Å². The molecule has 1 aliphatic carbocycles. The summed E-state index contributed by atoms with van der Waals surface area (Å²) in [5.41, 5.74) is 0.721. The van der Waals surface area contributed by atoms with Gasteiger partial charge in [0.05, 0.1) is 18.6 Å². The Labute approximate surface area is 113 Å². The molecule has 0 saturated heterocycles. The molecule has 1 unspecified atom stereocenters. The van der Waals surface area contributed by atoms with Crippen molar-refractivity contribution in [2.75, 3.05) is 21.2 Å². The van der Waals surface area contributed by atoms with Gasteiger partial charge in [-0.05, 0) is 44.6 Å². The Morgan fingerprint density at radius 1 is 1.33 bits per heavy atom. The number of hydrogen-bond acceptors (Lipinski definition) is 3. The van der Waals surface area contributed by atoms with Gasteiger partial charge in [-0.1, -0.05) is 23.7 Å². The van der Waals surface area contributed by atoms with Crippen LogP contribution < -0.4 is 0 Å². The molecule has 0 aromatic heterocycles. The predicted octanol–water partition coefficient (Wildman–Crippen LogP) is 2.90. The third-order valence-corrected chi connectivity index (χ3v) is 3.86. The summed E-state index contributed by atoms with van der Waals surface area (Å²) in [4.78, 5) is 14.1. The molecule has 98 valence electrons. The SMILES string of the molecule is COC(=O)C1(C(c2ccc(Cl)cc2)N(C)C)CC1. The van der Waals surface area contributed by atoms with Crippen LogP contribution >= 0.6 is 11.6 Å². The lowest BCUT2D eigenvalue weighted by Crippen LogP contribution is -2.34. The first-order valence-corrected chi connectivity index (χ1v) is 6.39. The van der Waals surface area contributed by atoms with Crippen molar-refractivity contribution in [1.82, 2.24) is 4.90 Å². The minimum atomic E-state index is -0.383. The normalized spacial score (nSPS) is 18.5. The maximum Gasteiger partial charge on any atom is 0.313 e. The number of nitrogens with zero attached hydrogens (tertiary/aromatic N) is 1. The lowest BCUT2D eigenvalue weighted by atomic mass is 9.89. The molecule has 1 aromatic rings. The fourth-order valence-corrected chi connectivity index (χ4v) is 2.81. The Bertz CT molecular complexity index is 438. The van der Waals surface area contributed by atoms with Crippen molar-refractivity contribution < 1.29 is 9.53 Å². The molecule has 1 aliphatic rings. The second-order valence-corrected chi connectivity index (χ2v) is 5.50. The third-order valence-electron chi connectivity index (χ3n) is 3.61. The first-order chi connectivity index (χ1) is 8.51. The van der Waals surface area contributed by atoms with Crippen molar-refractivity contribution in [2.45, 2.75) is 18.9 Å². The molecule has 0 spiro atoms. The maximum absolute atomic E-state index is 12.0. The second-order valence-electron chi connectivity index (χ2n) is 5.07. The van der Waals surface area contributed by atoms with E-state index in [1.807, 2.05) is 38.4 Å². The predicted molar refractivity (Wildman–Crippen MR) is 71.6 cm³/mol. The molecular weight excluding hydrogens is 250 g/mol. The van der Waals surface area contributed by atoms with Gasteiger partial charge >= 0.3 is 5.97 Å². The first kappa shape index (κ1) is 13.4. The summed E-state index contributed by atoms with van der Waals surface area (Å²) in [5, 5.41) is 0.708. The van der Waals surface area contributed by atoms with Gasteiger partial charge in [0.1, 0.15) is 0 Å². The molecule has 4 heteroatoms. The van der Waals surface area contributed by atoms with Gasteiger partial charge in [-0.2, -0.15) is 0 Å². The number of ether oxygens (including phenoxy) is 1. The molecule has 0 N–H and O–H groups in total. The van der Waals surface area contributed by atoms with E-state index in [2.05, 4.69) is 4.90 Å². The van der Waals surface area contributed by atoms with Gasteiger partial charge in [-0.3, -0.25) is 4.79 Å². The largest absolute Gasteiger partial charge is 0.469 e. The van der Waals surface area contributed by atoms with Crippen molar-refractivity contribution in [2.24, 2.45) is 5.41 Å². The second kappa shape index (κ2) is 4.90. The number of esters is 1. The Balaban J connectivity index is 2.35. The van der Waals surface area contributed by atoms with E-state index in [1.54, 1.807) is 0 Å². The van der Waals surface area contributed by atoms with Crippen LogP contribution in [0.1, 0.15) is 24.4 Å². The van der Waals surface area contributed by atoms with E-state index < -0.39 is 0 Å². The number of methoxy groups -OCH3 is 1. The fraction of sp³-hybridized carbons (Fsp3) is 0.500. The molecule has 1 saturated carbocycles. The summed E-state index contributed by atoms with van der Waals surface area (Å²) < 4.78 is 4.96. The van der Waals surface area contributed by atoms with E-state index >= 15 is 0 Å². The van der Waals surface area contributed by atoms with Gasteiger partial charge in [-0.15, -0.1) is 0 Å². The van der Waals surface area contributed by atoms with Gasteiger partial charge in [0, 0.05) is 5.02 Å². The van der Waals surface area contributed by atoms with Crippen LogP contribution in [0.15, 0.2) is 24.3 Å². The van der Waals surface area contributed by atoms with Crippen LogP contribution in [-0.2, 0) is 9.53 Å². The van der Waals surface area contributed by atoms with E-state index in [4.69, 9.17) is 16.3 Å². The molecule has 1 fully saturated rings. The lowest BCUT2D eigenvalue weighted by molar-refractivity contribution is -0.150. The van der Waals surface area contributed by atoms with E-state index in [0.717, 1.165) is 18.4 Å². The number of carbonyl (C=O) groups excluding carboxylic acids is 1. The molecular formula is C14H18ClNO2. The monoisotopic (exact) mass is 267 g/mol. The smallest absolute Gasteiger partial charge is 0.313 e. The minimum absolute atomic E-state index is 0.0437. The molecule has 18 heavy (non-hydrogen) atoms. The maximum atomic E-state index is 12.0. The standard InChI is InChI=1S/C14H18ClNO2/c1-16(2)12(10-4-6-11(15)7-5-10)14(8-9-14)13(17)18-3/h4-7,12H,8-9H2,1-3H3. The van der Waals surface area contributed by atoms with E-state index in [-0.39, 0.29) is 17.4 Å². The Morgan fingerprint density at radius 2 is 1.89 bits per heavy atom. The average Bonchev–Trinajstić information content (AvgIpc) is 3.12. The molecule has 0 aliphatic heterocycles. The summed E-state index contributed by atoms with van der Waals surface area (Å²) in [5.74, 6) is -0.115. The summed E-state index contributed by atoms with van der Waals surface area (Å²) in [6, 6.07) is 7.73. The Morgan fingerprint density at radius 3 is 2.28 bits per heavy atom. The molecule has 0 radical (unpaired) electrons. The molecule has 0 amide bonds. The molecule has 1 aromatic carbocycles. The van der Waals surface area contributed by atoms with Crippen molar-refractivity contribution in [3.05, 3.63) is 34.9 Å². The zero-order valence-electron chi connectivity index (χ0n) is 10.9. The van der Waals surface area contributed by atoms with E-state index in [0.29, 0.717) is 5.02 Å². The van der Waals surface area contributed by atoms with E-state index in [1.165, 1.54) is 7.11 Å². The van der Waals surface area contributed by atoms with Crippen LogP contribution in [0.5, 0.6) is 0 Å². The topological polar surface area (TPSA) is 29.5 Å². The van der Waals surface area contributed by atoms with Crippen molar-refractivity contribution in [3.8, 4) is 0 Å². The zero-order chi connectivity index (χ0) is 13.3. The zero-order valence-corrected chi connectivity index (χ0v) is 11.7. The van der Waals surface area contributed by atoms with Gasteiger partial charge in [-0.25, -0.2) is 0 Å². The fourth-order valence-electron chi connectivity index (χ4n) is 2.68. The van der Waals surface area contributed by atoms with Crippen molar-refractivity contribution >= 4 is 17.6 Å². The summed E-state index contributed by atoms with van der Waals surface area (Å²) in [7, 11) is 5.43. The molecule has 0 heterocycles. The first-order valence-electron chi connectivity index (χ1n) is 6.01. The van der Waals surface area contributed by atoms with Crippen LogP contribution in [-0.4, -0.2) is 32.1 Å². The number of hydrogen-bond donors (Lipinski definition) is 0. The number of carbonyl (C=O) groups is 1. The summed E-state index contributed by atoms with van der Waals surface area (Å²) in [6.45, 7) is 0. The quantitative estimate of drug-likeness (QED) is 0.786. The van der Waals surface area contributed by atoms with Crippen LogP contribution in [0.2, 0.25) is 5.02 Å². The van der Waals surface area contributed by atoms with Crippen molar-refractivity contribution in [1.29, 1.82) is 0 Å². The van der Waals surface area contributed by atoms with E-state index in [9.17, 15) is 4.79 Å².